The van der Waals surface area contributed by atoms with Gasteiger partial charge in [-0.05, 0) is 43.5 Å². The lowest BCUT2D eigenvalue weighted by Crippen LogP contribution is -2.48. The highest BCUT2D eigenvalue weighted by Crippen LogP contribution is 2.38. The van der Waals surface area contributed by atoms with Gasteiger partial charge >= 0.3 is 0 Å². The van der Waals surface area contributed by atoms with Gasteiger partial charge in [0.15, 0.2) is 5.66 Å². The Kier molecular flexibility index (Phi) is 5.30. The van der Waals surface area contributed by atoms with E-state index in [0.717, 1.165) is 37.3 Å². The zero-order chi connectivity index (χ0) is 17.7. The Hall–Kier alpha value is -2.20. The molecule has 0 aromatic heterocycles. The number of rotatable bonds is 6. The second-order valence-corrected chi connectivity index (χ2v) is 7.51. The van der Waals surface area contributed by atoms with Crippen LogP contribution in [0.1, 0.15) is 37.7 Å². The van der Waals surface area contributed by atoms with Gasteiger partial charge in [-0.25, -0.2) is 0 Å². The summed E-state index contributed by atoms with van der Waals surface area (Å²) in [6, 6.07) is 19.0. The summed E-state index contributed by atoms with van der Waals surface area (Å²) in [4.78, 5) is 2.59. The van der Waals surface area contributed by atoms with Crippen LogP contribution in [0.15, 0.2) is 64.8 Å². The van der Waals surface area contributed by atoms with Crippen LogP contribution in [-0.4, -0.2) is 30.2 Å². The number of piperidine rings is 1. The van der Waals surface area contributed by atoms with E-state index in [2.05, 4.69) is 62.9 Å². The minimum absolute atomic E-state index is 0.182. The number of para-hydroxylation sites is 1. The van der Waals surface area contributed by atoms with Crippen molar-refractivity contribution in [1.29, 1.82) is 0 Å². The van der Waals surface area contributed by atoms with Gasteiger partial charge in [-0.15, -0.1) is 0 Å². The van der Waals surface area contributed by atoms with Gasteiger partial charge in [0.1, 0.15) is 5.69 Å². The van der Waals surface area contributed by atoms with Crippen LogP contribution in [-0.2, 0) is 6.42 Å². The predicted octanol–water partition coefficient (Wildman–Crippen LogP) is 5.40. The van der Waals surface area contributed by atoms with Crippen LogP contribution in [0.3, 0.4) is 0 Å². The topological polar surface area (TPSA) is 40.0 Å². The molecule has 0 aliphatic carbocycles. The third-order valence-corrected chi connectivity index (χ3v) is 5.59. The summed E-state index contributed by atoms with van der Waals surface area (Å²) in [5.41, 5.74) is 3.36. The van der Waals surface area contributed by atoms with Gasteiger partial charge in [0.25, 0.3) is 0 Å². The van der Waals surface area contributed by atoms with E-state index in [1.165, 1.54) is 37.8 Å². The third kappa shape index (κ3) is 4.13. The summed E-state index contributed by atoms with van der Waals surface area (Å²) in [7, 11) is 0. The molecular weight excluding hydrogens is 320 g/mol. The second-order valence-electron chi connectivity index (χ2n) is 7.51. The first-order valence-corrected chi connectivity index (χ1v) is 9.89. The summed E-state index contributed by atoms with van der Waals surface area (Å²) in [5, 5.41) is 12.7. The molecule has 2 heterocycles. The van der Waals surface area contributed by atoms with E-state index in [1.54, 1.807) is 0 Å². The number of benzene rings is 2. The highest BCUT2D eigenvalue weighted by Gasteiger charge is 2.36. The molecule has 0 radical (unpaired) electrons. The van der Waals surface area contributed by atoms with Crippen molar-refractivity contribution >= 4 is 11.4 Å². The van der Waals surface area contributed by atoms with Gasteiger partial charge in [-0.2, -0.15) is 10.2 Å². The lowest BCUT2D eigenvalue weighted by molar-refractivity contribution is 0.170. The number of likely N-dealkylation sites (tertiary alicyclic amines) is 1. The molecule has 4 heteroatoms. The average Bonchev–Trinajstić information content (AvgIpc) is 2.70. The van der Waals surface area contributed by atoms with E-state index < -0.39 is 0 Å². The molecule has 26 heavy (non-hydrogen) atoms. The second kappa shape index (κ2) is 8.00. The third-order valence-electron chi connectivity index (χ3n) is 5.59. The minimum Gasteiger partial charge on any atom is -0.358 e. The van der Waals surface area contributed by atoms with E-state index in [9.17, 15) is 0 Å². The molecule has 1 saturated heterocycles. The van der Waals surface area contributed by atoms with E-state index in [-0.39, 0.29) is 5.66 Å². The van der Waals surface area contributed by atoms with Crippen molar-refractivity contribution < 1.29 is 0 Å². The maximum atomic E-state index is 4.63. The maximum absolute atomic E-state index is 4.63. The smallest absolute Gasteiger partial charge is 0.153 e. The number of anilines is 1. The monoisotopic (exact) mass is 348 g/mol. The summed E-state index contributed by atoms with van der Waals surface area (Å²) >= 11 is 0. The quantitative estimate of drug-likeness (QED) is 0.710. The fourth-order valence-electron chi connectivity index (χ4n) is 3.95. The highest BCUT2D eigenvalue weighted by atomic mass is 15.3. The number of azo groups is 1. The lowest BCUT2D eigenvalue weighted by Gasteiger charge is -2.41. The van der Waals surface area contributed by atoms with Crippen LogP contribution in [0.2, 0.25) is 0 Å². The van der Waals surface area contributed by atoms with Crippen LogP contribution in [0.5, 0.6) is 0 Å². The van der Waals surface area contributed by atoms with Crippen LogP contribution in [0.25, 0.3) is 0 Å². The molecule has 2 aromatic rings. The van der Waals surface area contributed by atoms with Crippen molar-refractivity contribution in [2.24, 2.45) is 10.2 Å². The normalized spacial score (nSPS) is 18.5. The van der Waals surface area contributed by atoms with Gasteiger partial charge < -0.3 is 10.2 Å². The standard InChI is InChI=1S/C22H28N4/c1-3-9-19(10-4-1)11-5-2-8-16-26-17-14-22(15-18-26)23-20-12-6-7-13-21(20)24-25-22/h1,3-4,6-7,9-10,12-13,23H,2,5,8,11,14-18H2. The molecule has 2 aliphatic rings. The number of hydrogen-bond donors (Lipinski definition) is 1. The zero-order valence-electron chi connectivity index (χ0n) is 15.4. The molecule has 0 amide bonds. The van der Waals surface area contributed by atoms with Crippen LogP contribution in [0, 0.1) is 0 Å². The lowest BCUT2D eigenvalue weighted by atomic mass is 9.96. The number of fused-ring (bicyclic) bond motifs is 1. The van der Waals surface area contributed by atoms with E-state index in [4.69, 9.17) is 0 Å². The number of nitrogens with zero attached hydrogens (tertiary/aromatic N) is 3. The van der Waals surface area contributed by atoms with Crippen LogP contribution >= 0.6 is 0 Å². The fraction of sp³-hybridized carbons (Fsp3) is 0.455. The average molecular weight is 348 g/mol. The molecule has 0 bridgehead atoms. The van der Waals surface area contributed by atoms with E-state index >= 15 is 0 Å². The molecule has 2 aromatic carbocycles. The largest absolute Gasteiger partial charge is 0.358 e. The molecular formula is C22H28N4. The Balaban J connectivity index is 1.18. The first-order chi connectivity index (χ1) is 12.8. The Bertz CT molecular complexity index is 733. The maximum Gasteiger partial charge on any atom is 0.153 e. The fourth-order valence-corrected chi connectivity index (χ4v) is 3.95. The summed E-state index contributed by atoms with van der Waals surface area (Å²) in [6.07, 6.45) is 7.16. The molecule has 136 valence electrons. The highest BCUT2D eigenvalue weighted by molar-refractivity contribution is 5.67. The minimum atomic E-state index is -0.182. The molecule has 4 nitrogen and oxygen atoms in total. The van der Waals surface area contributed by atoms with Gasteiger partial charge in [0, 0.05) is 25.9 Å². The Labute approximate surface area is 156 Å². The molecule has 2 aliphatic heterocycles. The Morgan fingerprint density at radius 3 is 2.50 bits per heavy atom. The van der Waals surface area contributed by atoms with E-state index in [1.807, 2.05) is 12.1 Å². The first-order valence-electron chi connectivity index (χ1n) is 9.89. The van der Waals surface area contributed by atoms with Crippen LogP contribution in [0.4, 0.5) is 11.4 Å². The van der Waals surface area contributed by atoms with Crippen molar-refractivity contribution in [1.82, 2.24) is 4.90 Å². The van der Waals surface area contributed by atoms with Gasteiger partial charge in [-0.1, -0.05) is 48.9 Å². The molecule has 1 N–H and O–H groups in total. The van der Waals surface area contributed by atoms with Crippen molar-refractivity contribution in [2.45, 2.75) is 44.2 Å². The molecule has 0 atom stereocenters. The molecule has 1 spiro atoms. The summed E-state index contributed by atoms with van der Waals surface area (Å²) in [5.74, 6) is 0. The van der Waals surface area contributed by atoms with Crippen molar-refractivity contribution in [3.63, 3.8) is 0 Å². The van der Waals surface area contributed by atoms with E-state index in [0.29, 0.717) is 0 Å². The summed E-state index contributed by atoms with van der Waals surface area (Å²) < 4.78 is 0. The zero-order valence-corrected chi connectivity index (χ0v) is 15.4. The molecule has 0 saturated carbocycles. The number of nitrogens with one attached hydrogen (secondary N) is 1. The number of hydrogen-bond acceptors (Lipinski definition) is 4. The van der Waals surface area contributed by atoms with Crippen molar-refractivity contribution in [3.8, 4) is 0 Å². The SMILES string of the molecule is c1ccc(CCCCCN2CCC3(CC2)N=Nc2ccccc2N3)cc1. The van der Waals surface area contributed by atoms with Crippen molar-refractivity contribution in [3.05, 3.63) is 60.2 Å². The summed E-state index contributed by atoms with van der Waals surface area (Å²) in [6.45, 7) is 3.42. The van der Waals surface area contributed by atoms with Gasteiger partial charge in [-0.3, -0.25) is 0 Å². The van der Waals surface area contributed by atoms with Crippen molar-refractivity contribution in [2.75, 3.05) is 25.0 Å². The molecule has 0 unspecified atom stereocenters. The van der Waals surface area contributed by atoms with Gasteiger partial charge in [0.2, 0.25) is 0 Å². The van der Waals surface area contributed by atoms with Gasteiger partial charge in [0.05, 0.1) is 5.69 Å². The number of aryl methyl sites for hydroxylation is 1. The Morgan fingerprint density at radius 2 is 1.65 bits per heavy atom. The predicted molar refractivity (Wildman–Crippen MR) is 107 cm³/mol. The number of unbranched alkanes of at least 4 members (excludes halogenated alkanes) is 2. The first kappa shape index (κ1) is 17.2. The molecule has 4 rings (SSSR count). The molecule has 1 fully saturated rings. The Morgan fingerprint density at radius 1 is 0.885 bits per heavy atom. The van der Waals surface area contributed by atoms with Crippen LogP contribution < -0.4 is 5.32 Å².